The number of aromatic nitrogens is 1. The van der Waals surface area contributed by atoms with Gasteiger partial charge in [0, 0.05) is 38.7 Å². The molecule has 0 atom stereocenters. The lowest BCUT2D eigenvalue weighted by molar-refractivity contribution is 0.0786. The van der Waals surface area contributed by atoms with Gasteiger partial charge in [0.2, 0.25) is 0 Å². The summed E-state index contributed by atoms with van der Waals surface area (Å²) < 4.78 is 0. The quantitative estimate of drug-likeness (QED) is 0.912. The number of carbonyl (C=O) groups excluding carboxylic acids is 1. The van der Waals surface area contributed by atoms with Crippen LogP contribution in [0.3, 0.4) is 0 Å². The number of para-hydroxylation sites is 1. The van der Waals surface area contributed by atoms with Gasteiger partial charge in [-0.1, -0.05) is 12.1 Å². The van der Waals surface area contributed by atoms with Crippen molar-refractivity contribution in [3.8, 4) is 0 Å². The molecule has 0 saturated heterocycles. The molecule has 0 saturated carbocycles. The van der Waals surface area contributed by atoms with E-state index in [1.165, 1.54) is 0 Å². The minimum Gasteiger partial charge on any atom is -0.387 e. The zero-order valence-electron chi connectivity index (χ0n) is 11.1. The minimum absolute atomic E-state index is 0.00163. The molecule has 19 heavy (non-hydrogen) atoms. The minimum atomic E-state index is 0.00163. The lowest BCUT2D eigenvalue weighted by Gasteiger charge is -2.19. The van der Waals surface area contributed by atoms with E-state index in [4.69, 9.17) is 0 Å². The number of rotatable bonds is 4. The fourth-order valence-corrected chi connectivity index (χ4v) is 1.93. The van der Waals surface area contributed by atoms with Crippen LogP contribution in [0.2, 0.25) is 0 Å². The molecule has 98 valence electrons. The van der Waals surface area contributed by atoms with Gasteiger partial charge in [0.15, 0.2) is 0 Å². The van der Waals surface area contributed by atoms with Crippen LogP contribution in [0.25, 0.3) is 0 Å². The van der Waals surface area contributed by atoms with Crippen molar-refractivity contribution in [2.75, 3.05) is 19.4 Å². The van der Waals surface area contributed by atoms with E-state index < -0.39 is 0 Å². The fraction of sp³-hybridized carbons (Fsp3) is 0.200. The zero-order valence-corrected chi connectivity index (χ0v) is 11.1. The van der Waals surface area contributed by atoms with Crippen molar-refractivity contribution < 1.29 is 4.79 Å². The number of nitrogens with zero attached hydrogens (tertiary/aromatic N) is 2. The number of hydrogen-bond donors (Lipinski definition) is 1. The first-order valence-corrected chi connectivity index (χ1v) is 6.13. The van der Waals surface area contributed by atoms with E-state index in [1.807, 2.05) is 43.4 Å². The number of hydrogen-bond acceptors (Lipinski definition) is 3. The van der Waals surface area contributed by atoms with Gasteiger partial charge in [-0.2, -0.15) is 0 Å². The molecule has 1 amide bonds. The highest BCUT2D eigenvalue weighted by Gasteiger charge is 2.14. The second kappa shape index (κ2) is 6.00. The van der Waals surface area contributed by atoms with E-state index in [0.29, 0.717) is 12.1 Å². The molecule has 1 N–H and O–H groups in total. The van der Waals surface area contributed by atoms with Crippen molar-refractivity contribution in [3.63, 3.8) is 0 Å². The first kappa shape index (κ1) is 13.1. The summed E-state index contributed by atoms with van der Waals surface area (Å²) >= 11 is 0. The Bertz CT molecular complexity index is 554. The smallest absolute Gasteiger partial charge is 0.255 e. The summed E-state index contributed by atoms with van der Waals surface area (Å²) in [5, 5.41) is 3.04. The van der Waals surface area contributed by atoms with Gasteiger partial charge in [-0.25, -0.2) is 0 Å². The van der Waals surface area contributed by atoms with Crippen molar-refractivity contribution in [3.05, 3.63) is 59.9 Å². The molecule has 1 heterocycles. The first-order chi connectivity index (χ1) is 9.22. The van der Waals surface area contributed by atoms with Crippen molar-refractivity contribution in [2.45, 2.75) is 6.54 Å². The van der Waals surface area contributed by atoms with Crippen LogP contribution >= 0.6 is 0 Å². The normalized spacial score (nSPS) is 10.0. The van der Waals surface area contributed by atoms with Crippen molar-refractivity contribution in [1.82, 2.24) is 9.88 Å². The molecule has 0 aliphatic rings. The molecule has 0 unspecified atom stereocenters. The predicted octanol–water partition coefficient (Wildman–Crippen LogP) is 2.40. The average molecular weight is 255 g/mol. The van der Waals surface area contributed by atoms with Crippen LogP contribution in [0.5, 0.6) is 0 Å². The Balaban J connectivity index is 2.15. The SMILES string of the molecule is CNc1ccccc1C(=O)N(C)Cc1ccncc1. The van der Waals surface area contributed by atoms with Gasteiger partial charge in [-0.15, -0.1) is 0 Å². The van der Waals surface area contributed by atoms with Gasteiger partial charge in [0.1, 0.15) is 0 Å². The first-order valence-electron chi connectivity index (χ1n) is 6.13. The van der Waals surface area contributed by atoms with E-state index in [1.54, 1.807) is 24.3 Å². The van der Waals surface area contributed by atoms with E-state index in [0.717, 1.165) is 11.3 Å². The topological polar surface area (TPSA) is 45.2 Å². The van der Waals surface area contributed by atoms with E-state index in [2.05, 4.69) is 10.3 Å². The van der Waals surface area contributed by atoms with E-state index >= 15 is 0 Å². The van der Waals surface area contributed by atoms with Gasteiger partial charge in [0.25, 0.3) is 5.91 Å². The van der Waals surface area contributed by atoms with Crippen LogP contribution in [-0.2, 0) is 6.54 Å². The molecule has 0 aliphatic carbocycles. The van der Waals surface area contributed by atoms with Crippen LogP contribution in [0, 0.1) is 0 Å². The molecule has 0 aliphatic heterocycles. The Morgan fingerprint density at radius 3 is 2.58 bits per heavy atom. The van der Waals surface area contributed by atoms with Crippen molar-refractivity contribution in [1.29, 1.82) is 0 Å². The van der Waals surface area contributed by atoms with Gasteiger partial charge in [-0.3, -0.25) is 9.78 Å². The molecule has 0 spiro atoms. The highest BCUT2D eigenvalue weighted by Crippen LogP contribution is 2.17. The summed E-state index contributed by atoms with van der Waals surface area (Å²) in [7, 11) is 3.62. The Morgan fingerprint density at radius 2 is 1.89 bits per heavy atom. The second-order valence-corrected chi connectivity index (χ2v) is 4.31. The second-order valence-electron chi connectivity index (χ2n) is 4.31. The Kier molecular flexibility index (Phi) is 4.13. The van der Waals surface area contributed by atoms with Crippen LogP contribution in [0.15, 0.2) is 48.8 Å². The van der Waals surface area contributed by atoms with Crippen LogP contribution in [0.4, 0.5) is 5.69 Å². The predicted molar refractivity (Wildman–Crippen MR) is 76.0 cm³/mol. The maximum Gasteiger partial charge on any atom is 0.255 e. The third-order valence-corrected chi connectivity index (χ3v) is 2.94. The van der Waals surface area contributed by atoms with Crippen LogP contribution < -0.4 is 5.32 Å². The maximum absolute atomic E-state index is 12.4. The summed E-state index contributed by atoms with van der Waals surface area (Å²) in [5.74, 6) is 0.00163. The van der Waals surface area contributed by atoms with Crippen molar-refractivity contribution in [2.24, 2.45) is 0 Å². The largest absolute Gasteiger partial charge is 0.387 e. The molecule has 0 fully saturated rings. The lowest BCUT2D eigenvalue weighted by atomic mass is 10.1. The molecule has 4 nitrogen and oxygen atoms in total. The highest BCUT2D eigenvalue weighted by molar-refractivity contribution is 5.99. The summed E-state index contributed by atoms with van der Waals surface area (Å²) in [6.45, 7) is 0.569. The molecular formula is C15H17N3O. The molecule has 2 aromatic rings. The molecule has 1 aromatic carbocycles. The number of nitrogens with one attached hydrogen (secondary N) is 1. The standard InChI is InChI=1S/C15H17N3O/c1-16-14-6-4-3-5-13(14)15(19)18(2)11-12-7-9-17-10-8-12/h3-10,16H,11H2,1-2H3. The number of anilines is 1. The number of pyridine rings is 1. The summed E-state index contributed by atoms with van der Waals surface area (Å²) in [6, 6.07) is 11.3. The molecule has 0 bridgehead atoms. The monoisotopic (exact) mass is 255 g/mol. The highest BCUT2D eigenvalue weighted by atomic mass is 16.2. The number of carbonyl (C=O) groups is 1. The molecule has 1 aromatic heterocycles. The summed E-state index contributed by atoms with van der Waals surface area (Å²) in [5.41, 5.74) is 2.59. The number of amides is 1. The third-order valence-electron chi connectivity index (χ3n) is 2.94. The van der Waals surface area contributed by atoms with E-state index in [9.17, 15) is 4.79 Å². The summed E-state index contributed by atoms with van der Waals surface area (Å²) in [6.07, 6.45) is 3.46. The third kappa shape index (κ3) is 3.10. The molecule has 2 rings (SSSR count). The van der Waals surface area contributed by atoms with Gasteiger partial charge < -0.3 is 10.2 Å². The van der Waals surface area contributed by atoms with Gasteiger partial charge in [-0.05, 0) is 29.8 Å². The van der Waals surface area contributed by atoms with E-state index in [-0.39, 0.29) is 5.91 Å². The van der Waals surface area contributed by atoms with Crippen LogP contribution in [-0.4, -0.2) is 29.9 Å². The van der Waals surface area contributed by atoms with Gasteiger partial charge in [0.05, 0.1) is 5.56 Å². The molecular weight excluding hydrogens is 238 g/mol. The molecule has 0 radical (unpaired) electrons. The van der Waals surface area contributed by atoms with Crippen LogP contribution in [0.1, 0.15) is 15.9 Å². The fourth-order valence-electron chi connectivity index (χ4n) is 1.93. The van der Waals surface area contributed by atoms with Crippen molar-refractivity contribution >= 4 is 11.6 Å². The average Bonchev–Trinajstić information content (AvgIpc) is 2.47. The van der Waals surface area contributed by atoms with Gasteiger partial charge >= 0.3 is 0 Å². The Hall–Kier alpha value is -2.36. The Labute approximate surface area is 113 Å². The lowest BCUT2D eigenvalue weighted by Crippen LogP contribution is -2.26. The zero-order chi connectivity index (χ0) is 13.7. The number of benzene rings is 1. The Morgan fingerprint density at radius 1 is 1.21 bits per heavy atom. The summed E-state index contributed by atoms with van der Waals surface area (Å²) in [4.78, 5) is 18.1. The maximum atomic E-state index is 12.4. The molecule has 4 heteroatoms.